The van der Waals surface area contributed by atoms with Crippen molar-refractivity contribution in [3.63, 3.8) is 0 Å². The summed E-state index contributed by atoms with van der Waals surface area (Å²) < 4.78 is 0. The second-order valence-electron chi connectivity index (χ2n) is 7.82. The first-order valence-electron chi connectivity index (χ1n) is 8.96. The first-order valence-corrected chi connectivity index (χ1v) is 8.96. The molecule has 0 unspecified atom stereocenters. The van der Waals surface area contributed by atoms with Gasteiger partial charge in [-0.3, -0.25) is 0 Å². The molecule has 2 aromatic heterocycles. The van der Waals surface area contributed by atoms with Gasteiger partial charge >= 0.3 is 0 Å². The Labute approximate surface area is 142 Å². The third-order valence-corrected chi connectivity index (χ3v) is 5.44. The molecule has 2 heterocycles. The van der Waals surface area contributed by atoms with Crippen LogP contribution in [0.2, 0.25) is 0 Å². The van der Waals surface area contributed by atoms with Crippen LogP contribution in [0.1, 0.15) is 63.1 Å². The molecular weight excluding hydrogens is 300 g/mol. The number of hydrogen-bond acceptors (Lipinski definition) is 4. The van der Waals surface area contributed by atoms with E-state index in [4.69, 9.17) is 4.98 Å². The minimum absolute atomic E-state index is 0.0740. The van der Waals surface area contributed by atoms with E-state index < -0.39 is 5.60 Å². The Morgan fingerprint density at radius 3 is 2.88 bits per heavy atom. The lowest BCUT2D eigenvalue weighted by Gasteiger charge is -2.32. The SMILES string of the molecule is C=C(N[C@@H](C)[C@@](C)(O)CC1CC1)c1c[nH]c2ncc(C3CC3)nc12. The highest BCUT2D eigenvalue weighted by Crippen LogP contribution is 2.40. The molecule has 24 heavy (non-hydrogen) atoms. The van der Waals surface area contributed by atoms with E-state index in [0.29, 0.717) is 11.8 Å². The highest BCUT2D eigenvalue weighted by molar-refractivity contribution is 5.86. The largest absolute Gasteiger partial charge is 0.388 e. The fourth-order valence-corrected chi connectivity index (χ4v) is 3.29. The molecule has 2 aromatic rings. The molecule has 0 aromatic carbocycles. The van der Waals surface area contributed by atoms with Crippen molar-refractivity contribution in [3.8, 4) is 0 Å². The zero-order valence-corrected chi connectivity index (χ0v) is 14.5. The fraction of sp³-hybridized carbons (Fsp3) is 0.579. The molecule has 2 fully saturated rings. The van der Waals surface area contributed by atoms with Crippen LogP contribution in [0.15, 0.2) is 19.0 Å². The number of H-pyrrole nitrogens is 1. The summed E-state index contributed by atoms with van der Waals surface area (Å²) >= 11 is 0. The highest BCUT2D eigenvalue weighted by Gasteiger charge is 2.36. The minimum Gasteiger partial charge on any atom is -0.388 e. The Balaban J connectivity index is 1.53. The second kappa shape index (κ2) is 5.59. The molecule has 4 rings (SSSR count). The molecule has 0 radical (unpaired) electrons. The zero-order chi connectivity index (χ0) is 16.9. The summed E-state index contributed by atoms with van der Waals surface area (Å²) in [5, 5.41) is 14.1. The van der Waals surface area contributed by atoms with E-state index in [2.05, 4.69) is 21.9 Å². The van der Waals surface area contributed by atoms with Crippen LogP contribution < -0.4 is 5.32 Å². The first-order chi connectivity index (χ1) is 11.4. The van der Waals surface area contributed by atoms with Gasteiger partial charge in [-0.2, -0.15) is 0 Å². The van der Waals surface area contributed by atoms with E-state index in [0.717, 1.165) is 34.5 Å². The molecular formula is C19H26N4O. The summed E-state index contributed by atoms with van der Waals surface area (Å²) in [6.45, 7) is 8.11. The Kier molecular flexibility index (Phi) is 3.64. The van der Waals surface area contributed by atoms with Gasteiger partial charge in [-0.05, 0) is 39.0 Å². The van der Waals surface area contributed by atoms with Crippen LogP contribution in [0, 0.1) is 5.92 Å². The minimum atomic E-state index is -0.735. The second-order valence-corrected chi connectivity index (χ2v) is 7.82. The van der Waals surface area contributed by atoms with Gasteiger partial charge < -0.3 is 15.4 Å². The van der Waals surface area contributed by atoms with Crippen LogP contribution in [-0.4, -0.2) is 31.7 Å². The van der Waals surface area contributed by atoms with Gasteiger partial charge in [0.25, 0.3) is 0 Å². The lowest BCUT2D eigenvalue weighted by atomic mass is 9.91. The van der Waals surface area contributed by atoms with Crippen LogP contribution >= 0.6 is 0 Å². The lowest BCUT2D eigenvalue weighted by molar-refractivity contribution is 0.0174. The van der Waals surface area contributed by atoms with Crippen molar-refractivity contribution < 1.29 is 5.11 Å². The molecule has 0 amide bonds. The lowest BCUT2D eigenvalue weighted by Crippen LogP contribution is -2.46. The molecule has 3 N–H and O–H groups in total. The third-order valence-electron chi connectivity index (χ3n) is 5.44. The number of aromatic nitrogens is 3. The van der Waals surface area contributed by atoms with Gasteiger partial charge in [-0.15, -0.1) is 0 Å². The van der Waals surface area contributed by atoms with Crippen molar-refractivity contribution in [1.82, 2.24) is 20.3 Å². The summed E-state index contributed by atoms with van der Waals surface area (Å²) in [5.74, 6) is 1.25. The van der Waals surface area contributed by atoms with Crippen molar-refractivity contribution in [2.75, 3.05) is 0 Å². The molecule has 0 aliphatic heterocycles. The third kappa shape index (κ3) is 3.05. The molecule has 2 atom stereocenters. The van der Waals surface area contributed by atoms with Crippen molar-refractivity contribution in [1.29, 1.82) is 0 Å². The van der Waals surface area contributed by atoms with Crippen LogP contribution in [0.3, 0.4) is 0 Å². The Hall–Kier alpha value is -1.88. The number of nitrogens with one attached hydrogen (secondary N) is 2. The van der Waals surface area contributed by atoms with Crippen LogP contribution in [0.25, 0.3) is 16.9 Å². The normalized spacial score (nSPS) is 21.5. The quantitative estimate of drug-likeness (QED) is 0.729. The van der Waals surface area contributed by atoms with Crippen LogP contribution in [-0.2, 0) is 0 Å². The average Bonchev–Trinajstić information content (AvgIpc) is 3.45. The van der Waals surface area contributed by atoms with Crippen molar-refractivity contribution in [3.05, 3.63) is 30.2 Å². The summed E-state index contributed by atoms with van der Waals surface area (Å²) in [4.78, 5) is 12.4. The first kappa shape index (κ1) is 15.6. The number of nitrogens with zero attached hydrogens (tertiary/aromatic N) is 2. The standard InChI is InChI=1S/C19H26N4O/c1-11(22-12(2)19(3,24)8-13-4-5-13)15-9-20-18-17(15)23-16(10-21-18)14-6-7-14/h9-10,12-14,22,24H,1,4-8H2,2-3H3,(H,20,21)/t12-,19-/m0/s1. The summed E-state index contributed by atoms with van der Waals surface area (Å²) in [6.07, 6.45) is 9.52. The van der Waals surface area contributed by atoms with Crippen molar-refractivity contribution >= 4 is 16.9 Å². The highest BCUT2D eigenvalue weighted by atomic mass is 16.3. The summed E-state index contributed by atoms with van der Waals surface area (Å²) in [5.41, 5.74) is 3.72. The van der Waals surface area contributed by atoms with Crippen molar-refractivity contribution in [2.45, 2.75) is 63.5 Å². The van der Waals surface area contributed by atoms with Gasteiger partial charge in [0.05, 0.1) is 23.5 Å². The number of fused-ring (bicyclic) bond motifs is 1. The van der Waals surface area contributed by atoms with E-state index in [-0.39, 0.29) is 6.04 Å². The van der Waals surface area contributed by atoms with E-state index in [1.165, 1.54) is 25.7 Å². The monoisotopic (exact) mass is 326 g/mol. The molecule has 5 heteroatoms. The Morgan fingerprint density at radius 1 is 1.46 bits per heavy atom. The van der Waals surface area contributed by atoms with E-state index in [1.54, 1.807) is 0 Å². The number of aromatic amines is 1. The molecule has 0 spiro atoms. The van der Waals surface area contributed by atoms with E-state index in [1.807, 2.05) is 26.2 Å². The number of aliphatic hydroxyl groups is 1. The predicted octanol–water partition coefficient (Wildman–Crippen LogP) is 3.34. The van der Waals surface area contributed by atoms with Gasteiger partial charge in [-0.1, -0.05) is 19.4 Å². The number of rotatable bonds is 7. The fourth-order valence-electron chi connectivity index (χ4n) is 3.29. The Morgan fingerprint density at radius 2 is 2.21 bits per heavy atom. The van der Waals surface area contributed by atoms with Gasteiger partial charge in [0.2, 0.25) is 0 Å². The topological polar surface area (TPSA) is 73.8 Å². The van der Waals surface area contributed by atoms with Crippen LogP contribution in [0.4, 0.5) is 0 Å². The van der Waals surface area contributed by atoms with Gasteiger partial charge in [0.1, 0.15) is 5.52 Å². The average molecular weight is 326 g/mol. The Bertz CT molecular complexity index is 771. The summed E-state index contributed by atoms with van der Waals surface area (Å²) in [7, 11) is 0. The molecule has 2 saturated carbocycles. The molecule has 2 aliphatic carbocycles. The van der Waals surface area contributed by atoms with Crippen molar-refractivity contribution in [2.24, 2.45) is 5.92 Å². The number of hydrogen-bond donors (Lipinski definition) is 3. The van der Waals surface area contributed by atoms with E-state index >= 15 is 0 Å². The van der Waals surface area contributed by atoms with Gasteiger partial charge in [-0.25, -0.2) is 9.97 Å². The van der Waals surface area contributed by atoms with E-state index in [9.17, 15) is 5.11 Å². The molecule has 2 aliphatic rings. The predicted molar refractivity (Wildman–Crippen MR) is 95.5 cm³/mol. The maximum absolute atomic E-state index is 10.7. The maximum atomic E-state index is 10.7. The molecule has 128 valence electrons. The molecule has 5 nitrogen and oxygen atoms in total. The smallest absolute Gasteiger partial charge is 0.156 e. The zero-order valence-electron chi connectivity index (χ0n) is 14.5. The maximum Gasteiger partial charge on any atom is 0.156 e. The van der Waals surface area contributed by atoms with Crippen LogP contribution in [0.5, 0.6) is 0 Å². The summed E-state index contributed by atoms with van der Waals surface area (Å²) in [6, 6.07) is -0.0740. The van der Waals surface area contributed by atoms with Gasteiger partial charge in [0, 0.05) is 23.4 Å². The molecule has 0 bridgehead atoms. The molecule has 0 saturated heterocycles. The van der Waals surface area contributed by atoms with Gasteiger partial charge in [0.15, 0.2) is 5.65 Å².